The summed E-state index contributed by atoms with van der Waals surface area (Å²) in [5.41, 5.74) is 1.72. The number of phenols is 2. The van der Waals surface area contributed by atoms with E-state index in [1.165, 1.54) is 6.07 Å². The molecule has 0 heterocycles. The number of aromatic hydroxyl groups is 2. The summed E-state index contributed by atoms with van der Waals surface area (Å²) < 4.78 is 0. The number of anilines is 1. The zero-order valence-corrected chi connectivity index (χ0v) is 13.3. The summed E-state index contributed by atoms with van der Waals surface area (Å²) >= 11 is 0. The molecule has 1 amide bonds. The number of phenolic OH excluding ortho intramolecular Hbond substituents is 2. The second-order valence-electron chi connectivity index (χ2n) is 6.37. The first-order valence-corrected chi connectivity index (χ1v) is 7.14. The fourth-order valence-electron chi connectivity index (χ4n) is 2.32. The van der Waals surface area contributed by atoms with Crippen LogP contribution in [0, 0.1) is 6.92 Å². The Morgan fingerprint density at radius 1 is 1.05 bits per heavy atom. The van der Waals surface area contributed by atoms with Crippen molar-refractivity contribution in [3.05, 3.63) is 53.1 Å². The smallest absolute Gasteiger partial charge is 0.256 e. The highest BCUT2D eigenvalue weighted by atomic mass is 16.3. The number of nitrogens with one attached hydrogen (secondary N) is 1. The number of hydrogen-bond acceptors (Lipinski definition) is 3. The fourth-order valence-corrected chi connectivity index (χ4v) is 2.32. The summed E-state index contributed by atoms with van der Waals surface area (Å²) in [4.78, 5) is 12.4. The molecule has 2 rings (SSSR count). The van der Waals surface area contributed by atoms with Crippen LogP contribution >= 0.6 is 0 Å². The molecule has 3 N–H and O–H groups in total. The van der Waals surface area contributed by atoms with Gasteiger partial charge in [-0.25, -0.2) is 0 Å². The molecule has 0 unspecified atom stereocenters. The van der Waals surface area contributed by atoms with Crippen molar-refractivity contribution in [1.82, 2.24) is 0 Å². The Hall–Kier alpha value is -2.49. The third-order valence-electron chi connectivity index (χ3n) is 3.59. The Balaban J connectivity index is 2.42. The van der Waals surface area contributed by atoms with Gasteiger partial charge in [0.15, 0.2) is 0 Å². The standard InChI is InChI=1S/C18H21NO3/c1-11-7-5-6-8-12(11)17(22)19-15-14(20)10-9-13(16(15)21)18(2,3)4/h5-10,20-21H,1-4H3,(H,19,22). The molecule has 0 radical (unpaired) electrons. The summed E-state index contributed by atoms with van der Waals surface area (Å²) in [7, 11) is 0. The number of benzene rings is 2. The zero-order valence-electron chi connectivity index (χ0n) is 13.3. The lowest BCUT2D eigenvalue weighted by atomic mass is 9.86. The molecule has 0 aliphatic carbocycles. The van der Waals surface area contributed by atoms with Crippen LogP contribution in [0.5, 0.6) is 11.5 Å². The zero-order chi connectivity index (χ0) is 16.5. The molecule has 0 aromatic heterocycles. The van der Waals surface area contributed by atoms with E-state index in [9.17, 15) is 15.0 Å². The van der Waals surface area contributed by atoms with Crippen LogP contribution in [-0.4, -0.2) is 16.1 Å². The summed E-state index contributed by atoms with van der Waals surface area (Å²) in [5, 5.41) is 23.0. The van der Waals surface area contributed by atoms with Crippen molar-refractivity contribution in [3.63, 3.8) is 0 Å². The maximum Gasteiger partial charge on any atom is 0.256 e. The Labute approximate surface area is 130 Å². The van der Waals surface area contributed by atoms with Gasteiger partial charge in [0.1, 0.15) is 17.2 Å². The number of carbonyl (C=O) groups is 1. The molecule has 0 spiro atoms. The van der Waals surface area contributed by atoms with E-state index in [0.29, 0.717) is 11.1 Å². The van der Waals surface area contributed by atoms with Crippen LogP contribution in [-0.2, 0) is 5.41 Å². The van der Waals surface area contributed by atoms with Crippen LogP contribution in [0.25, 0.3) is 0 Å². The van der Waals surface area contributed by atoms with Crippen LogP contribution in [0.15, 0.2) is 36.4 Å². The molecule has 0 saturated carbocycles. The number of amides is 1. The van der Waals surface area contributed by atoms with E-state index in [0.717, 1.165) is 5.56 Å². The van der Waals surface area contributed by atoms with Crippen LogP contribution in [0.2, 0.25) is 0 Å². The van der Waals surface area contributed by atoms with Gasteiger partial charge in [-0.3, -0.25) is 4.79 Å². The van der Waals surface area contributed by atoms with Crippen molar-refractivity contribution in [3.8, 4) is 11.5 Å². The first-order chi connectivity index (χ1) is 10.2. The van der Waals surface area contributed by atoms with E-state index in [4.69, 9.17) is 0 Å². The molecule has 4 nitrogen and oxygen atoms in total. The Morgan fingerprint density at radius 2 is 1.68 bits per heavy atom. The van der Waals surface area contributed by atoms with E-state index in [2.05, 4.69) is 5.32 Å². The van der Waals surface area contributed by atoms with Gasteiger partial charge in [-0.2, -0.15) is 0 Å². The van der Waals surface area contributed by atoms with Gasteiger partial charge < -0.3 is 15.5 Å². The van der Waals surface area contributed by atoms with Crippen LogP contribution in [0.3, 0.4) is 0 Å². The normalized spacial score (nSPS) is 11.3. The van der Waals surface area contributed by atoms with Gasteiger partial charge >= 0.3 is 0 Å². The Kier molecular flexibility index (Phi) is 4.13. The molecule has 0 saturated heterocycles. The maximum absolute atomic E-state index is 12.4. The predicted octanol–water partition coefficient (Wildman–Crippen LogP) is 3.96. The van der Waals surface area contributed by atoms with Crippen molar-refractivity contribution in [2.45, 2.75) is 33.1 Å². The van der Waals surface area contributed by atoms with Gasteiger partial charge in [-0.1, -0.05) is 45.0 Å². The minimum atomic E-state index is -0.366. The first-order valence-electron chi connectivity index (χ1n) is 7.14. The average molecular weight is 299 g/mol. The highest BCUT2D eigenvalue weighted by molar-refractivity contribution is 6.06. The summed E-state index contributed by atoms with van der Waals surface area (Å²) in [6, 6.07) is 10.3. The summed E-state index contributed by atoms with van der Waals surface area (Å²) in [6.45, 7) is 7.68. The monoisotopic (exact) mass is 299 g/mol. The second-order valence-corrected chi connectivity index (χ2v) is 6.37. The lowest BCUT2D eigenvalue weighted by molar-refractivity contribution is 0.102. The third kappa shape index (κ3) is 3.06. The molecule has 2 aromatic rings. The number of carbonyl (C=O) groups excluding carboxylic acids is 1. The van der Waals surface area contributed by atoms with Crippen LogP contribution in [0.1, 0.15) is 42.3 Å². The molecular weight excluding hydrogens is 278 g/mol. The minimum absolute atomic E-state index is 0.0423. The van der Waals surface area contributed by atoms with E-state index >= 15 is 0 Å². The summed E-state index contributed by atoms with van der Waals surface area (Å²) in [5.74, 6) is -0.628. The topological polar surface area (TPSA) is 69.6 Å². The van der Waals surface area contributed by atoms with Crippen LogP contribution < -0.4 is 5.32 Å². The quantitative estimate of drug-likeness (QED) is 0.735. The van der Waals surface area contributed by atoms with Gasteiger partial charge in [0, 0.05) is 11.1 Å². The van der Waals surface area contributed by atoms with E-state index in [-0.39, 0.29) is 28.5 Å². The SMILES string of the molecule is Cc1ccccc1C(=O)Nc1c(O)ccc(C(C)(C)C)c1O. The molecule has 0 bridgehead atoms. The molecule has 116 valence electrons. The van der Waals surface area contributed by atoms with Crippen molar-refractivity contribution < 1.29 is 15.0 Å². The Bertz CT molecular complexity index is 715. The molecule has 0 aliphatic rings. The third-order valence-corrected chi connectivity index (χ3v) is 3.59. The highest BCUT2D eigenvalue weighted by Gasteiger charge is 2.23. The maximum atomic E-state index is 12.4. The summed E-state index contributed by atoms with van der Waals surface area (Å²) in [6.07, 6.45) is 0. The molecule has 22 heavy (non-hydrogen) atoms. The Morgan fingerprint density at radius 3 is 2.27 bits per heavy atom. The number of hydrogen-bond donors (Lipinski definition) is 3. The van der Waals surface area contributed by atoms with Gasteiger partial charge in [-0.05, 0) is 30.0 Å². The molecule has 4 heteroatoms. The fraction of sp³-hybridized carbons (Fsp3) is 0.278. The van der Waals surface area contributed by atoms with Gasteiger partial charge in [0.2, 0.25) is 0 Å². The molecule has 0 aliphatic heterocycles. The van der Waals surface area contributed by atoms with E-state index < -0.39 is 0 Å². The van der Waals surface area contributed by atoms with Crippen LogP contribution in [0.4, 0.5) is 5.69 Å². The number of rotatable bonds is 2. The van der Waals surface area contributed by atoms with E-state index in [1.54, 1.807) is 18.2 Å². The number of aryl methyl sites for hydroxylation is 1. The van der Waals surface area contributed by atoms with Crippen molar-refractivity contribution in [2.75, 3.05) is 5.32 Å². The molecule has 0 fully saturated rings. The second kappa shape index (κ2) is 5.72. The van der Waals surface area contributed by atoms with Crippen molar-refractivity contribution >= 4 is 11.6 Å². The van der Waals surface area contributed by atoms with Gasteiger partial charge in [-0.15, -0.1) is 0 Å². The largest absolute Gasteiger partial charge is 0.506 e. The van der Waals surface area contributed by atoms with Crippen molar-refractivity contribution in [2.24, 2.45) is 0 Å². The molecular formula is C18H21NO3. The predicted molar refractivity (Wildman–Crippen MR) is 87.6 cm³/mol. The molecule has 2 aromatic carbocycles. The lowest BCUT2D eigenvalue weighted by Crippen LogP contribution is -2.16. The van der Waals surface area contributed by atoms with E-state index in [1.807, 2.05) is 39.8 Å². The van der Waals surface area contributed by atoms with Crippen molar-refractivity contribution in [1.29, 1.82) is 0 Å². The van der Waals surface area contributed by atoms with Gasteiger partial charge in [0.25, 0.3) is 5.91 Å². The molecule has 0 atom stereocenters. The average Bonchev–Trinajstić information content (AvgIpc) is 2.42. The lowest BCUT2D eigenvalue weighted by Gasteiger charge is -2.22. The van der Waals surface area contributed by atoms with Gasteiger partial charge in [0.05, 0.1) is 0 Å². The first kappa shape index (κ1) is 15.9. The highest BCUT2D eigenvalue weighted by Crippen LogP contribution is 2.41. The minimum Gasteiger partial charge on any atom is -0.506 e.